The van der Waals surface area contributed by atoms with E-state index in [1.807, 2.05) is 37.3 Å². The summed E-state index contributed by atoms with van der Waals surface area (Å²) in [4.78, 5) is 27.0. The van der Waals surface area contributed by atoms with Gasteiger partial charge in [-0.2, -0.15) is 0 Å². The molecule has 0 aromatic heterocycles. The molecule has 4 fully saturated rings. The van der Waals surface area contributed by atoms with Crippen LogP contribution in [0.1, 0.15) is 58.9 Å². The van der Waals surface area contributed by atoms with E-state index >= 15 is 0 Å². The largest absolute Gasteiger partial charge is 0.489 e. The highest BCUT2D eigenvalue weighted by Gasteiger charge is 2.67. The van der Waals surface area contributed by atoms with Crippen molar-refractivity contribution in [2.75, 3.05) is 32.7 Å². The van der Waals surface area contributed by atoms with Crippen molar-refractivity contribution in [3.8, 4) is 17.6 Å². The first-order valence-electron chi connectivity index (χ1n) is 15.8. The van der Waals surface area contributed by atoms with Gasteiger partial charge in [0.1, 0.15) is 17.6 Å². The number of amides is 1. The molecule has 2 unspecified atom stereocenters. The summed E-state index contributed by atoms with van der Waals surface area (Å²) in [7, 11) is 0. The molecule has 5 aliphatic rings. The number of ether oxygens (including phenoxy) is 1. The normalized spacial score (nSPS) is 33.5. The van der Waals surface area contributed by atoms with Crippen LogP contribution in [0.5, 0.6) is 5.75 Å². The lowest BCUT2D eigenvalue weighted by Crippen LogP contribution is -2.75. The van der Waals surface area contributed by atoms with Gasteiger partial charge >= 0.3 is 0 Å². The third-order valence-electron chi connectivity index (χ3n) is 10.5. The van der Waals surface area contributed by atoms with E-state index < -0.39 is 0 Å². The Balaban J connectivity index is 1.09. The van der Waals surface area contributed by atoms with E-state index in [9.17, 15) is 4.79 Å². The predicted octanol–water partition coefficient (Wildman–Crippen LogP) is 5.03. The molecule has 1 N–H and O–H groups in total. The number of rotatable bonds is 4. The molecule has 222 valence electrons. The first-order valence-corrected chi connectivity index (χ1v) is 15.8. The van der Waals surface area contributed by atoms with E-state index in [1.165, 1.54) is 25.9 Å². The van der Waals surface area contributed by atoms with Crippen LogP contribution < -0.4 is 10.1 Å². The zero-order valence-electron chi connectivity index (χ0n) is 25.8. The number of hydrogen-bond acceptors (Lipinski definition) is 5. The summed E-state index contributed by atoms with van der Waals surface area (Å²) in [6, 6.07) is 6.34. The van der Waals surface area contributed by atoms with Crippen LogP contribution in [0.15, 0.2) is 35.3 Å². The lowest BCUT2D eigenvalue weighted by Gasteiger charge is -2.65. The number of hydrogen-bond donors (Lipinski definition) is 1. The van der Waals surface area contributed by atoms with E-state index in [0.717, 1.165) is 43.0 Å². The number of fused-ring (bicyclic) bond motifs is 1. The topological polar surface area (TPSA) is 61.5 Å². The zero-order valence-corrected chi connectivity index (χ0v) is 25.8. The van der Waals surface area contributed by atoms with E-state index in [2.05, 4.69) is 59.5 Å². The fourth-order valence-corrected chi connectivity index (χ4v) is 8.80. The molecule has 7 heteroatoms. The van der Waals surface area contributed by atoms with Crippen LogP contribution in [-0.2, 0) is 4.79 Å². The van der Waals surface area contributed by atoms with Gasteiger partial charge in [0, 0.05) is 61.6 Å². The molecule has 2 atom stereocenters. The maximum Gasteiger partial charge on any atom is 0.232 e. The summed E-state index contributed by atoms with van der Waals surface area (Å²) in [6.07, 6.45) is 8.74. The van der Waals surface area contributed by atoms with Crippen molar-refractivity contribution in [3.63, 3.8) is 0 Å². The SMILES string of the molecule is [C-]#[N+]c1ccc(OC2C(C)(C)C(N3CC4N=C(C#CC5CCC(N6CCNCC6)CC5)C=CC4C3=O)C2(C)C)cc1C. The quantitative estimate of drug-likeness (QED) is 0.410. The van der Waals surface area contributed by atoms with Gasteiger partial charge < -0.3 is 15.0 Å². The molecule has 2 saturated heterocycles. The molecule has 7 nitrogen and oxygen atoms in total. The van der Waals surface area contributed by atoms with Crippen molar-refractivity contribution in [3.05, 3.63) is 47.3 Å². The summed E-state index contributed by atoms with van der Waals surface area (Å²) in [5, 5.41) is 3.46. The molecule has 2 aliphatic carbocycles. The zero-order chi connectivity index (χ0) is 29.6. The van der Waals surface area contributed by atoms with Crippen LogP contribution in [0, 0.1) is 48.0 Å². The molecule has 2 saturated carbocycles. The van der Waals surface area contributed by atoms with Crippen LogP contribution in [0.3, 0.4) is 0 Å². The number of aryl methyl sites for hydroxylation is 1. The third kappa shape index (κ3) is 5.16. The highest BCUT2D eigenvalue weighted by Crippen LogP contribution is 2.59. The maximum absolute atomic E-state index is 13.7. The Kier molecular flexibility index (Phi) is 7.71. The minimum atomic E-state index is -0.237. The minimum absolute atomic E-state index is 0.0423. The minimum Gasteiger partial charge on any atom is -0.489 e. The Morgan fingerprint density at radius 2 is 1.81 bits per heavy atom. The second-order valence-corrected chi connectivity index (χ2v) is 14.1. The molecule has 0 radical (unpaired) electrons. The van der Waals surface area contributed by atoms with E-state index in [4.69, 9.17) is 16.3 Å². The second kappa shape index (κ2) is 11.2. The summed E-state index contributed by atoms with van der Waals surface area (Å²) in [5.41, 5.74) is 1.91. The Hall–Kier alpha value is -3.13. The Labute approximate surface area is 251 Å². The summed E-state index contributed by atoms with van der Waals surface area (Å²) >= 11 is 0. The van der Waals surface area contributed by atoms with Gasteiger partial charge in [-0.3, -0.25) is 14.7 Å². The first kappa shape index (κ1) is 29.0. The first-order chi connectivity index (χ1) is 20.1. The van der Waals surface area contributed by atoms with Gasteiger partial charge in [0.15, 0.2) is 5.69 Å². The number of nitrogens with zero attached hydrogens (tertiary/aromatic N) is 4. The van der Waals surface area contributed by atoms with Gasteiger partial charge in [-0.1, -0.05) is 45.8 Å². The Morgan fingerprint density at radius 1 is 1.10 bits per heavy atom. The van der Waals surface area contributed by atoms with Crippen molar-refractivity contribution in [1.29, 1.82) is 0 Å². The number of carbonyl (C=O) groups excluding carboxylic acids is 1. The number of likely N-dealkylation sites (tertiary alicyclic amines) is 1. The Morgan fingerprint density at radius 3 is 2.48 bits per heavy atom. The van der Waals surface area contributed by atoms with Crippen LogP contribution >= 0.6 is 0 Å². The van der Waals surface area contributed by atoms with E-state index in [0.29, 0.717) is 24.2 Å². The van der Waals surface area contributed by atoms with Crippen molar-refractivity contribution in [2.45, 2.75) is 84.5 Å². The molecule has 1 amide bonds. The lowest BCUT2D eigenvalue weighted by atomic mass is 9.49. The van der Waals surface area contributed by atoms with Gasteiger partial charge in [0.25, 0.3) is 0 Å². The number of allylic oxidation sites excluding steroid dienone is 1. The van der Waals surface area contributed by atoms with Crippen molar-refractivity contribution >= 4 is 17.3 Å². The molecule has 3 aliphatic heterocycles. The number of nitrogens with one attached hydrogen (secondary N) is 1. The van der Waals surface area contributed by atoms with Gasteiger partial charge in [0.2, 0.25) is 5.91 Å². The second-order valence-electron chi connectivity index (χ2n) is 14.1. The van der Waals surface area contributed by atoms with Crippen molar-refractivity contribution in [2.24, 2.45) is 27.7 Å². The van der Waals surface area contributed by atoms with Gasteiger partial charge in [-0.05, 0) is 62.3 Å². The number of dihydropyridines is 1. The molecule has 1 aromatic rings. The third-order valence-corrected chi connectivity index (χ3v) is 10.5. The average molecular weight is 568 g/mol. The van der Waals surface area contributed by atoms with Crippen LogP contribution in [0.4, 0.5) is 5.69 Å². The fourth-order valence-electron chi connectivity index (χ4n) is 8.80. The molecular weight excluding hydrogens is 522 g/mol. The molecule has 3 heterocycles. The van der Waals surface area contributed by atoms with Crippen LogP contribution in [-0.4, -0.2) is 78.4 Å². The summed E-state index contributed by atoms with van der Waals surface area (Å²) in [6.45, 7) is 23.3. The number of aliphatic imine (C=N–C) groups is 1. The molecule has 0 bridgehead atoms. The lowest BCUT2D eigenvalue weighted by molar-refractivity contribution is -0.208. The standard InChI is InChI=1S/C35H45N5O2/c1-23-21-27(14-16-29(23)36-6)42-33-34(2,3)32(35(33,4)5)40-22-30-28(31(40)41)15-11-25(38-30)10-7-24-8-12-26(13-9-24)39-19-17-37-18-20-39/h11,14-16,21,24,26,28,30,32-33,37H,8-9,12-13,17-20,22H2,1-5H3. The Bertz CT molecular complexity index is 1360. The van der Waals surface area contributed by atoms with Crippen molar-refractivity contribution in [1.82, 2.24) is 15.1 Å². The van der Waals surface area contributed by atoms with E-state index in [-0.39, 0.29) is 40.8 Å². The monoisotopic (exact) mass is 567 g/mol. The highest BCUT2D eigenvalue weighted by molar-refractivity contribution is 6.10. The fraction of sp³-hybridized carbons (Fsp3) is 0.629. The molecular formula is C35H45N5O2. The summed E-state index contributed by atoms with van der Waals surface area (Å²) < 4.78 is 6.55. The smallest absolute Gasteiger partial charge is 0.232 e. The number of carbonyl (C=O) groups is 1. The van der Waals surface area contributed by atoms with Gasteiger partial charge in [0.05, 0.1) is 18.5 Å². The summed E-state index contributed by atoms with van der Waals surface area (Å²) in [5.74, 6) is 8.10. The highest BCUT2D eigenvalue weighted by atomic mass is 16.5. The van der Waals surface area contributed by atoms with Crippen molar-refractivity contribution < 1.29 is 9.53 Å². The van der Waals surface area contributed by atoms with E-state index in [1.54, 1.807) is 0 Å². The van der Waals surface area contributed by atoms with Gasteiger partial charge in [-0.15, -0.1) is 0 Å². The molecule has 6 rings (SSSR count). The number of benzene rings is 1. The predicted molar refractivity (Wildman–Crippen MR) is 167 cm³/mol. The van der Waals surface area contributed by atoms with Crippen LogP contribution in [0.2, 0.25) is 0 Å². The molecule has 1 aromatic carbocycles. The molecule has 0 spiro atoms. The average Bonchev–Trinajstić information content (AvgIpc) is 3.29. The maximum atomic E-state index is 13.7. The molecule has 42 heavy (non-hydrogen) atoms. The van der Waals surface area contributed by atoms with Gasteiger partial charge in [-0.25, -0.2) is 4.85 Å². The number of piperazine rings is 1. The van der Waals surface area contributed by atoms with Crippen LogP contribution in [0.25, 0.3) is 4.85 Å².